The minimum atomic E-state index is -1.07. The van der Waals surface area contributed by atoms with E-state index in [4.69, 9.17) is 5.11 Å². The minimum absolute atomic E-state index is 0.0932. The number of hydrogen-bond acceptors (Lipinski definition) is 4. The molecule has 114 valence electrons. The van der Waals surface area contributed by atoms with Crippen molar-refractivity contribution in [3.05, 3.63) is 34.1 Å². The molecule has 1 atom stereocenters. The highest BCUT2D eigenvalue weighted by atomic mass is 19.1. The summed E-state index contributed by atoms with van der Waals surface area (Å²) in [4.78, 5) is 32.0. The van der Waals surface area contributed by atoms with Crippen LogP contribution in [-0.2, 0) is 4.79 Å². The van der Waals surface area contributed by atoms with Gasteiger partial charge in [0, 0.05) is 12.1 Å². The zero-order valence-corrected chi connectivity index (χ0v) is 11.1. The van der Waals surface area contributed by atoms with Crippen molar-refractivity contribution in [3.8, 4) is 0 Å². The van der Waals surface area contributed by atoms with Crippen molar-refractivity contribution >= 4 is 23.4 Å². The molecule has 0 aromatic heterocycles. The molecule has 9 heteroatoms. The van der Waals surface area contributed by atoms with Gasteiger partial charge in [-0.15, -0.1) is 0 Å². The molecule has 2 amide bonds. The van der Waals surface area contributed by atoms with E-state index in [1.807, 2.05) is 0 Å². The predicted octanol–water partition coefficient (Wildman–Crippen LogP) is 2.11. The molecule has 0 spiro atoms. The fourth-order valence-corrected chi connectivity index (χ4v) is 1.61. The summed E-state index contributed by atoms with van der Waals surface area (Å²) in [6.45, 7) is 1.70. The normalized spacial score (nSPS) is 11.5. The maximum Gasteiger partial charge on any atom is 0.319 e. The average Bonchev–Trinajstić information content (AvgIpc) is 2.36. The van der Waals surface area contributed by atoms with E-state index in [-0.39, 0.29) is 12.1 Å². The summed E-state index contributed by atoms with van der Waals surface area (Å²) in [6.07, 6.45) is 0.135. The third kappa shape index (κ3) is 5.43. The summed E-state index contributed by atoms with van der Waals surface area (Å²) in [5.74, 6) is -1.93. The van der Waals surface area contributed by atoms with Crippen molar-refractivity contribution in [2.75, 3.05) is 5.32 Å². The Morgan fingerprint density at radius 1 is 1.43 bits per heavy atom. The molecule has 0 radical (unpaired) electrons. The van der Waals surface area contributed by atoms with E-state index >= 15 is 0 Å². The zero-order chi connectivity index (χ0) is 16.0. The third-order valence-corrected chi connectivity index (χ3v) is 2.60. The van der Waals surface area contributed by atoms with E-state index < -0.39 is 34.5 Å². The summed E-state index contributed by atoms with van der Waals surface area (Å²) >= 11 is 0. The van der Waals surface area contributed by atoms with Gasteiger partial charge in [-0.05, 0) is 12.5 Å². The molecular weight excluding hydrogens is 285 g/mol. The van der Waals surface area contributed by atoms with Crippen molar-refractivity contribution < 1.29 is 24.0 Å². The Bertz CT molecular complexity index is 564. The Kier molecular flexibility index (Phi) is 5.58. The number of nitrogens with one attached hydrogen (secondary N) is 2. The van der Waals surface area contributed by atoms with Crippen molar-refractivity contribution in [2.24, 2.45) is 0 Å². The lowest BCUT2D eigenvalue weighted by atomic mass is 10.1. The van der Waals surface area contributed by atoms with Crippen LogP contribution in [0.2, 0.25) is 0 Å². The van der Waals surface area contributed by atoms with E-state index in [2.05, 4.69) is 10.6 Å². The van der Waals surface area contributed by atoms with E-state index in [0.29, 0.717) is 6.42 Å². The molecule has 1 rings (SSSR count). The molecule has 1 unspecified atom stereocenters. The average molecular weight is 299 g/mol. The number of non-ortho nitro benzene ring substituents is 1. The van der Waals surface area contributed by atoms with Gasteiger partial charge in [0.1, 0.15) is 5.82 Å². The van der Waals surface area contributed by atoms with Gasteiger partial charge in [0.05, 0.1) is 23.1 Å². The number of anilines is 1. The maximum atomic E-state index is 13.2. The molecule has 0 fully saturated rings. The van der Waals surface area contributed by atoms with Crippen molar-refractivity contribution in [1.82, 2.24) is 5.32 Å². The van der Waals surface area contributed by atoms with E-state index in [0.717, 1.165) is 18.2 Å². The molecule has 1 aromatic carbocycles. The van der Waals surface area contributed by atoms with Gasteiger partial charge in [0.15, 0.2) is 0 Å². The van der Waals surface area contributed by atoms with E-state index in [1.54, 1.807) is 6.92 Å². The minimum Gasteiger partial charge on any atom is -0.481 e. The number of carbonyl (C=O) groups is 2. The highest BCUT2D eigenvalue weighted by molar-refractivity contribution is 5.90. The van der Waals surface area contributed by atoms with E-state index in [1.165, 1.54) is 0 Å². The van der Waals surface area contributed by atoms with Crippen LogP contribution < -0.4 is 10.6 Å². The highest BCUT2D eigenvalue weighted by Gasteiger charge is 2.15. The summed E-state index contributed by atoms with van der Waals surface area (Å²) < 4.78 is 13.2. The fraction of sp³-hybridized carbons (Fsp3) is 0.333. The largest absolute Gasteiger partial charge is 0.481 e. The quantitative estimate of drug-likeness (QED) is 0.548. The number of carboxylic acid groups (broad SMARTS) is 1. The van der Waals surface area contributed by atoms with Gasteiger partial charge in [-0.3, -0.25) is 14.9 Å². The van der Waals surface area contributed by atoms with Crippen LogP contribution in [-0.4, -0.2) is 28.1 Å². The number of nitro benzene ring substituents is 1. The monoisotopic (exact) mass is 299 g/mol. The van der Waals surface area contributed by atoms with Crippen molar-refractivity contribution in [1.29, 1.82) is 0 Å². The molecule has 0 heterocycles. The van der Waals surface area contributed by atoms with Gasteiger partial charge in [-0.25, -0.2) is 9.18 Å². The van der Waals surface area contributed by atoms with Gasteiger partial charge in [0.25, 0.3) is 5.69 Å². The molecule has 1 aromatic rings. The molecule has 0 saturated carbocycles. The number of hydrogen-bond donors (Lipinski definition) is 3. The molecule has 0 aliphatic carbocycles. The number of urea groups is 1. The lowest BCUT2D eigenvalue weighted by Gasteiger charge is -2.15. The fourth-order valence-electron chi connectivity index (χ4n) is 1.61. The maximum absolute atomic E-state index is 13.2. The number of nitro groups is 1. The third-order valence-electron chi connectivity index (χ3n) is 2.60. The Morgan fingerprint density at radius 2 is 2.10 bits per heavy atom. The molecule has 0 saturated heterocycles. The number of aliphatic carboxylic acids is 1. The van der Waals surface area contributed by atoms with Gasteiger partial charge in [-0.1, -0.05) is 6.92 Å². The first kappa shape index (κ1) is 16.3. The molecule has 3 N–H and O–H groups in total. The van der Waals surface area contributed by atoms with Crippen LogP contribution in [0.25, 0.3) is 0 Å². The molecular formula is C12H14FN3O5. The number of carboxylic acids is 1. The molecule has 0 bridgehead atoms. The Hall–Kier alpha value is -2.71. The van der Waals surface area contributed by atoms with Gasteiger partial charge in [-0.2, -0.15) is 0 Å². The number of nitrogens with zero attached hydrogens (tertiary/aromatic N) is 1. The molecule has 21 heavy (non-hydrogen) atoms. The van der Waals surface area contributed by atoms with Crippen LogP contribution in [0.3, 0.4) is 0 Å². The summed E-state index contributed by atoms with van der Waals surface area (Å²) in [5.41, 5.74) is -0.591. The smallest absolute Gasteiger partial charge is 0.319 e. The standard InChI is InChI=1S/C12H14FN3O5/c1-2-8(6-11(17)18)14-12(19)15-9-3-7(13)4-10(5-9)16(20)21/h3-5,8H,2,6H2,1H3,(H,17,18)(H2,14,15,19). The van der Waals surface area contributed by atoms with Crippen LogP contribution >= 0.6 is 0 Å². The lowest BCUT2D eigenvalue weighted by Crippen LogP contribution is -2.38. The summed E-state index contributed by atoms with van der Waals surface area (Å²) in [5, 5.41) is 23.9. The second kappa shape index (κ2) is 7.17. The first-order valence-corrected chi connectivity index (χ1v) is 6.06. The second-order valence-electron chi connectivity index (χ2n) is 4.26. The zero-order valence-electron chi connectivity index (χ0n) is 11.1. The summed E-state index contributed by atoms with van der Waals surface area (Å²) in [6, 6.07) is 1.29. The first-order valence-electron chi connectivity index (χ1n) is 6.06. The van der Waals surface area contributed by atoms with Crippen LogP contribution in [0, 0.1) is 15.9 Å². The van der Waals surface area contributed by atoms with Crippen LogP contribution in [0.4, 0.5) is 20.6 Å². The predicted molar refractivity (Wildman–Crippen MR) is 71.5 cm³/mol. The SMILES string of the molecule is CCC(CC(=O)O)NC(=O)Nc1cc(F)cc([N+](=O)[O-])c1. The Labute approximate surface area is 119 Å². The van der Waals surface area contributed by atoms with Crippen molar-refractivity contribution in [2.45, 2.75) is 25.8 Å². The van der Waals surface area contributed by atoms with Crippen LogP contribution in [0.1, 0.15) is 19.8 Å². The lowest BCUT2D eigenvalue weighted by molar-refractivity contribution is -0.385. The van der Waals surface area contributed by atoms with Crippen LogP contribution in [0.15, 0.2) is 18.2 Å². The molecule has 0 aliphatic rings. The van der Waals surface area contributed by atoms with Gasteiger partial charge < -0.3 is 15.7 Å². The van der Waals surface area contributed by atoms with Gasteiger partial charge >= 0.3 is 12.0 Å². The van der Waals surface area contributed by atoms with Crippen molar-refractivity contribution in [3.63, 3.8) is 0 Å². The topological polar surface area (TPSA) is 122 Å². The number of carbonyl (C=O) groups excluding carboxylic acids is 1. The number of amides is 2. The Balaban J connectivity index is 2.74. The number of rotatable bonds is 6. The highest BCUT2D eigenvalue weighted by Crippen LogP contribution is 2.19. The Morgan fingerprint density at radius 3 is 2.62 bits per heavy atom. The summed E-state index contributed by atoms with van der Waals surface area (Å²) in [7, 11) is 0. The molecule has 0 aliphatic heterocycles. The second-order valence-corrected chi connectivity index (χ2v) is 4.26. The van der Waals surface area contributed by atoms with Crippen LogP contribution in [0.5, 0.6) is 0 Å². The number of benzene rings is 1. The van der Waals surface area contributed by atoms with E-state index in [9.17, 15) is 24.1 Å². The molecule has 8 nitrogen and oxygen atoms in total. The first-order chi connectivity index (χ1) is 9.81. The van der Waals surface area contributed by atoms with Gasteiger partial charge in [0.2, 0.25) is 0 Å². The number of halogens is 1.